The third kappa shape index (κ3) is 2.60. The smallest absolute Gasteiger partial charge is 0.346 e. The number of carboxylic acids is 1. The zero-order valence-electron chi connectivity index (χ0n) is 11.5. The average molecular weight is 319 g/mol. The van der Waals surface area contributed by atoms with Gasteiger partial charge in [0.15, 0.2) is 0 Å². The van der Waals surface area contributed by atoms with Gasteiger partial charge in [-0.1, -0.05) is 0 Å². The van der Waals surface area contributed by atoms with E-state index in [0.717, 1.165) is 11.3 Å². The van der Waals surface area contributed by atoms with Crippen LogP contribution in [0, 0.1) is 6.92 Å². The maximum Gasteiger partial charge on any atom is 0.346 e. The summed E-state index contributed by atoms with van der Waals surface area (Å²) in [4.78, 5) is 11.1. The number of nitrogens with zero attached hydrogens (tertiary/aromatic N) is 1. The van der Waals surface area contributed by atoms with E-state index in [0.29, 0.717) is 18.8 Å². The number of carbonyl (C=O) groups is 1. The van der Waals surface area contributed by atoms with Crippen LogP contribution in [0.25, 0.3) is 0 Å². The van der Waals surface area contributed by atoms with Gasteiger partial charge < -0.3 is 9.84 Å². The Balaban J connectivity index is 2.45. The average Bonchev–Trinajstić information content (AvgIpc) is 2.71. The second kappa shape index (κ2) is 5.10. The second-order valence-electron chi connectivity index (χ2n) is 5.32. The van der Waals surface area contributed by atoms with E-state index in [9.17, 15) is 13.2 Å². The molecule has 6 nitrogen and oxygen atoms in total. The van der Waals surface area contributed by atoms with E-state index in [1.54, 1.807) is 20.8 Å². The first-order chi connectivity index (χ1) is 9.16. The van der Waals surface area contributed by atoms with Crippen LogP contribution >= 0.6 is 11.3 Å². The number of carboxylic acid groups (broad SMARTS) is 1. The Morgan fingerprint density at radius 1 is 1.50 bits per heavy atom. The number of hydrogen-bond acceptors (Lipinski definition) is 5. The first-order valence-corrected chi connectivity index (χ1v) is 8.36. The Bertz CT molecular complexity index is 632. The van der Waals surface area contributed by atoms with Crippen molar-refractivity contribution >= 4 is 27.3 Å². The normalized spacial score (nSPS) is 19.9. The number of thiophene rings is 1. The zero-order valence-corrected chi connectivity index (χ0v) is 13.2. The number of ether oxygens (including phenoxy) is 1. The molecule has 1 aliphatic rings. The summed E-state index contributed by atoms with van der Waals surface area (Å²) in [6.07, 6.45) is 0. The number of aryl methyl sites for hydroxylation is 1. The topological polar surface area (TPSA) is 83.9 Å². The Labute approximate surface area is 122 Å². The molecule has 0 unspecified atom stereocenters. The van der Waals surface area contributed by atoms with Crippen LogP contribution in [0.15, 0.2) is 10.3 Å². The molecule has 1 aromatic heterocycles. The van der Waals surface area contributed by atoms with Crippen LogP contribution in [-0.2, 0) is 14.8 Å². The van der Waals surface area contributed by atoms with E-state index >= 15 is 0 Å². The zero-order chi connectivity index (χ0) is 15.1. The van der Waals surface area contributed by atoms with E-state index in [1.807, 2.05) is 0 Å². The van der Waals surface area contributed by atoms with Crippen LogP contribution in [0.4, 0.5) is 0 Å². The first-order valence-electron chi connectivity index (χ1n) is 6.10. The van der Waals surface area contributed by atoms with Gasteiger partial charge in [-0.15, -0.1) is 11.3 Å². The van der Waals surface area contributed by atoms with Gasteiger partial charge >= 0.3 is 5.97 Å². The van der Waals surface area contributed by atoms with Crippen LogP contribution in [0.5, 0.6) is 0 Å². The highest BCUT2D eigenvalue weighted by Crippen LogP contribution is 2.33. The highest BCUT2D eigenvalue weighted by molar-refractivity contribution is 7.91. The summed E-state index contributed by atoms with van der Waals surface area (Å²) in [7, 11) is -3.70. The van der Waals surface area contributed by atoms with Crippen molar-refractivity contribution in [3.8, 4) is 0 Å². The predicted octanol–water partition coefficient (Wildman–Crippen LogP) is 1.55. The number of aromatic carboxylic acids is 1. The minimum absolute atomic E-state index is 0.0645. The van der Waals surface area contributed by atoms with Crippen LogP contribution in [-0.4, -0.2) is 49.1 Å². The molecular weight excluding hydrogens is 302 g/mol. The standard InChI is InChI=1S/C12H17NO5S2/c1-8-6-9(19-10(8)11(14)15)20(16,17)13-4-5-18-7-12(13,2)3/h6H,4-5,7H2,1-3H3,(H,14,15). The SMILES string of the molecule is Cc1cc(S(=O)(=O)N2CCOCC2(C)C)sc1C(=O)O. The minimum Gasteiger partial charge on any atom is -0.477 e. The van der Waals surface area contributed by atoms with Gasteiger partial charge in [0.2, 0.25) is 0 Å². The maximum atomic E-state index is 12.7. The maximum absolute atomic E-state index is 12.7. The van der Waals surface area contributed by atoms with Crippen LogP contribution in [0.1, 0.15) is 29.1 Å². The van der Waals surface area contributed by atoms with Crippen molar-refractivity contribution in [3.63, 3.8) is 0 Å². The molecule has 1 aliphatic heterocycles. The Hall–Kier alpha value is -0.960. The van der Waals surface area contributed by atoms with Crippen LogP contribution in [0.2, 0.25) is 0 Å². The van der Waals surface area contributed by atoms with Crippen molar-refractivity contribution in [1.82, 2.24) is 4.31 Å². The van der Waals surface area contributed by atoms with E-state index in [4.69, 9.17) is 9.84 Å². The number of morpholine rings is 1. The van der Waals surface area contributed by atoms with Gasteiger partial charge in [-0.3, -0.25) is 0 Å². The van der Waals surface area contributed by atoms with Crippen molar-refractivity contribution in [2.24, 2.45) is 0 Å². The summed E-state index contributed by atoms with van der Waals surface area (Å²) < 4.78 is 32.1. The lowest BCUT2D eigenvalue weighted by atomic mass is 10.1. The summed E-state index contributed by atoms with van der Waals surface area (Å²) in [5.74, 6) is -1.10. The number of rotatable bonds is 3. The molecule has 0 spiro atoms. The molecule has 0 bridgehead atoms. The highest BCUT2D eigenvalue weighted by atomic mass is 32.2. The fourth-order valence-electron chi connectivity index (χ4n) is 2.19. The second-order valence-corrected chi connectivity index (χ2v) is 8.47. The molecule has 0 atom stereocenters. The lowest BCUT2D eigenvalue weighted by Gasteiger charge is -2.40. The molecule has 1 aromatic rings. The molecule has 0 aromatic carbocycles. The van der Waals surface area contributed by atoms with Gasteiger partial charge in [0.1, 0.15) is 9.09 Å². The summed E-state index contributed by atoms with van der Waals surface area (Å²) >= 11 is 0.799. The van der Waals surface area contributed by atoms with Gasteiger partial charge in [0, 0.05) is 6.54 Å². The van der Waals surface area contributed by atoms with Crippen LogP contribution < -0.4 is 0 Å². The quantitative estimate of drug-likeness (QED) is 0.914. The molecule has 0 amide bonds. The van der Waals surface area contributed by atoms with Crippen molar-refractivity contribution in [1.29, 1.82) is 0 Å². The van der Waals surface area contributed by atoms with Gasteiger partial charge in [-0.2, -0.15) is 4.31 Å². The molecule has 8 heteroatoms. The highest BCUT2D eigenvalue weighted by Gasteiger charge is 2.40. The van der Waals surface area contributed by atoms with E-state index in [-0.39, 0.29) is 15.6 Å². The van der Waals surface area contributed by atoms with Crippen molar-refractivity contribution < 1.29 is 23.1 Å². The number of sulfonamides is 1. The van der Waals surface area contributed by atoms with Gasteiger partial charge in [0.05, 0.1) is 18.8 Å². The Kier molecular flexibility index (Phi) is 3.94. The van der Waals surface area contributed by atoms with Crippen LogP contribution in [0.3, 0.4) is 0 Å². The first kappa shape index (κ1) is 15.4. The molecule has 20 heavy (non-hydrogen) atoms. The monoisotopic (exact) mass is 319 g/mol. The third-order valence-corrected chi connectivity index (χ3v) is 6.99. The summed E-state index contributed by atoms with van der Waals surface area (Å²) in [5, 5.41) is 9.04. The molecule has 2 heterocycles. The Morgan fingerprint density at radius 3 is 2.65 bits per heavy atom. The Morgan fingerprint density at radius 2 is 2.15 bits per heavy atom. The molecule has 2 rings (SSSR count). The summed E-state index contributed by atoms with van der Waals surface area (Å²) in [5.41, 5.74) is -0.176. The van der Waals surface area contributed by atoms with Crippen molar-refractivity contribution in [2.75, 3.05) is 19.8 Å². The van der Waals surface area contributed by atoms with Gasteiger partial charge in [-0.25, -0.2) is 13.2 Å². The van der Waals surface area contributed by atoms with Crippen molar-refractivity contribution in [3.05, 3.63) is 16.5 Å². The molecule has 1 fully saturated rings. The molecule has 0 radical (unpaired) electrons. The minimum atomic E-state index is -3.70. The molecule has 1 N–H and O–H groups in total. The lowest BCUT2D eigenvalue weighted by molar-refractivity contribution is -0.00761. The molecule has 0 saturated carbocycles. The largest absolute Gasteiger partial charge is 0.477 e. The summed E-state index contributed by atoms with van der Waals surface area (Å²) in [6, 6.07) is 1.43. The predicted molar refractivity (Wildman–Crippen MR) is 74.8 cm³/mol. The molecule has 1 saturated heterocycles. The van der Waals surface area contributed by atoms with E-state index < -0.39 is 21.5 Å². The fraction of sp³-hybridized carbons (Fsp3) is 0.583. The summed E-state index contributed by atoms with van der Waals surface area (Å²) in [6.45, 7) is 6.13. The van der Waals surface area contributed by atoms with E-state index in [1.165, 1.54) is 10.4 Å². The lowest BCUT2D eigenvalue weighted by Crippen LogP contribution is -2.55. The molecule has 112 valence electrons. The van der Waals surface area contributed by atoms with Gasteiger partial charge in [-0.05, 0) is 32.4 Å². The fourth-order valence-corrected chi connectivity index (χ4v) is 5.44. The third-order valence-electron chi connectivity index (χ3n) is 3.20. The van der Waals surface area contributed by atoms with Gasteiger partial charge in [0.25, 0.3) is 10.0 Å². The molecular formula is C12H17NO5S2. The molecule has 0 aliphatic carbocycles. The number of hydrogen-bond donors (Lipinski definition) is 1. The van der Waals surface area contributed by atoms with E-state index in [2.05, 4.69) is 0 Å². The van der Waals surface area contributed by atoms with Crippen molar-refractivity contribution in [2.45, 2.75) is 30.5 Å².